The number of sulfone groups is 1. The first-order valence-electron chi connectivity index (χ1n) is 7.88. The van der Waals surface area contributed by atoms with Crippen molar-refractivity contribution < 1.29 is 8.42 Å². The van der Waals surface area contributed by atoms with Crippen molar-refractivity contribution in [3.8, 4) is 0 Å². The number of nitrogens with zero attached hydrogens (tertiary/aromatic N) is 1. The maximum absolute atomic E-state index is 11.3. The molecule has 1 fully saturated rings. The summed E-state index contributed by atoms with van der Waals surface area (Å²) in [5.41, 5.74) is 0.338. The van der Waals surface area contributed by atoms with E-state index in [4.69, 9.17) is 0 Å². The summed E-state index contributed by atoms with van der Waals surface area (Å²) in [5, 5.41) is 3.71. The van der Waals surface area contributed by atoms with E-state index in [9.17, 15) is 8.42 Å². The molecule has 1 saturated heterocycles. The second kappa shape index (κ2) is 6.75. The molecule has 0 aromatic carbocycles. The van der Waals surface area contributed by atoms with E-state index >= 15 is 0 Å². The molecule has 0 bridgehead atoms. The van der Waals surface area contributed by atoms with Crippen LogP contribution in [0.4, 0.5) is 0 Å². The Hall–Kier alpha value is -0.130. The molecule has 0 spiro atoms. The fourth-order valence-electron chi connectivity index (χ4n) is 3.15. The molecule has 1 aliphatic heterocycles. The van der Waals surface area contributed by atoms with Crippen molar-refractivity contribution in [3.05, 3.63) is 0 Å². The number of piperazine rings is 1. The molecular formula is C15H32N2O2S. The zero-order valence-electron chi connectivity index (χ0n) is 13.8. The molecule has 1 atom stereocenters. The minimum atomic E-state index is -2.85. The summed E-state index contributed by atoms with van der Waals surface area (Å²) in [6, 6.07) is 0. The van der Waals surface area contributed by atoms with Crippen LogP contribution in [0.2, 0.25) is 0 Å². The highest BCUT2D eigenvalue weighted by Crippen LogP contribution is 2.31. The molecular weight excluding hydrogens is 272 g/mol. The molecule has 1 rings (SSSR count). The molecule has 1 aliphatic rings. The van der Waals surface area contributed by atoms with E-state index in [1.54, 1.807) is 0 Å². The van der Waals surface area contributed by atoms with Gasteiger partial charge < -0.3 is 5.32 Å². The molecule has 0 radical (unpaired) electrons. The van der Waals surface area contributed by atoms with Gasteiger partial charge in [0.25, 0.3) is 0 Å². The van der Waals surface area contributed by atoms with Crippen LogP contribution >= 0.6 is 0 Å². The van der Waals surface area contributed by atoms with E-state index in [0.717, 1.165) is 45.3 Å². The number of nitrogens with one attached hydrogen (secondary N) is 1. The van der Waals surface area contributed by atoms with Crippen LogP contribution in [0.3, 0.4) is 0 Å². The van der Waals surface area contributed by atoms with Gasteiger partial charge in [0.2, 0.25) is 0 Å². The molecule has 0 saturated carbocycles. The van der Waals surface area contributed by atoms with Gasteiger partial charge in [0.1, 0.15) is 9.84 Å². The predicted molar refractivity (Wildman–Crippen MR) is 85.9 cm³/mol. The Morgan fingerprint density at radius 3 is 2.20 bits per heavy atom. The monoisotopic (exact) mass is 304 g/mol. The van der Waals surface area contributed by atoms with Gasteiger partial charge in [0.15, 0.2) is 0 Å². The Morgan fingerprint density at radius 1 is 1.15 bits per heavy atom. The van der Waals surface area contributed by atoms with E-state index in [1.165, 1.54) is 6.26 Å². The average Bonchev–Trinajstić information content (AvgIpc) is 2.38. The fourth-order valence-corrected chi connectivity index (χ4v) is 3.81. The molecule has 4 nitrogen and oxygen atoms in total. The maximum atomic E-state index is 11.3. The molecule has 0 aromatic heterocycles. The van der Waals surface area contributed by atoms with Crippen LogP contribution in [0.5, 0.6) is 0 Å². The van der Waals surface area contributed by atoms with Gasteiger partial charge >= 0.3 is 0 Å². The van der Waals surface area contributed by atoms with Crippen molar-refractivity contribution in [2.24, 2.45) is 0 Å². The van der Waals surface area contributed by atoms with E-state index in [1.807, 2.05) is 0 Å². The second-order valence-corrected chi connectivity index (χ2v) is 8.86. The second-order valence-electron chi connectivity index (χ2n) is 6.60. The van der Waals surface area contributed by atoms with E-state index < -0.39 is 9.84 Å². The molecule has 0 aromatic rings. The van der Waals surface area contributed by atoms with Crippen LogP contribution in [0.15, 0.2) is 0 Å². The lowest BCUT2D eigenvalue weighted by atomic mass is 9.82. The van der Waals surface area contributed by atoms with E-state index in [2.05, 4.69) is 37.9 Å². The Morgan fingerprint density at radius 2 is 1.75 bits per heavy atom. The summed E-state index contributed by atoms with van der Waals surface area (Å²) < 4.78 is 22.7. The summed E-state index contributed by atoms with van der Waals surface area (Å²) >= 11 is 0. The maximum Gasteiger partial charge on any atom is 0.147 e. The molecule has 0 aliphatic carbocycles. The largest absolute Gasteiger partial charge is 0.308 e. The highest BCUT2D eigenvalue weighted by Gasteiger charge is 2.42. The van der Waals surface area contributed by atoms with Crippen molar-refractivity contribution in [1.29, 1.82) is 0 Å². The Bertz CT molecular complexity index is 404. The minimum absolute atomic E-state index is 0.152. The number of rotatable bonds is 7. The third-order valence-electron chi connectivity index (χ3n) is 5.09. The van der Waals surface area contributed by atoms with E-state index in [-0.39, 0.29) is 11.1 Å². The smallest absolute Gasteiger partial charge is 0.147 e. The molecule has 1 heterocycles. The lowest BCUT2D eigenvalue weighted by molar-refractivity contribution is 0.00271. The van der Waals surface area contributed by atoms with Crippen molar-refractivity contribution in [3.63, 3.8) is 0 Å². The average molecular weight is 305 g/mol. The predicted octanol–water partition coefficient (Wildman–Crippen LogP) is 2.05. The summed E-state index contributed by atoms with van der Waals surface area (Å²) in [5.74, 6) is 0.295. The zero-order chi connectivity index (χ0) is 15.4. The molecule has 1 unspecified atom stereocenters. The van der Waals surface area contributed by atoms with Gasteiger partial charge in [-0.15, -0.1) is 0 Å². The van der Waals surface area contributed by atoms with Crippen molar-refractivity contribution >= 4 is 9.84 Å². The highest BCUT2D eigenvalue weighted by atomic mass is 32.2. The summed E-state index contributed by atoms with van der Waals surface area (Å²) in [6.07, 6.45) is 5.37. The summed E-state index contributed by atoms with van der Waals surface area (Å²) in [4.78, 5) is 2.54. The summed E-state index contributed by atoms with van der Waals surface area (Å²) in [6.45, 7) is 11.9. The third-order valence-corrected chi connectivity index (χ3v) is 6.12. The molecule has 1 N–H and O–H groups in total. The number of hydrogen-bond donors (Lipinski definition) is 1. The van der Waals surface area contributed by atoms with Gasteiger partial charge in [0.05, 0.1) is 5.75 Å². The van der Waals surface area contributed by atoms with Gasteiger partial charge in [-0.25, -0.2) is 8.42 Å². The Labute approximate surface area is 125 Å². The molecule has 5 heteroatoms. The van der Waals surface area contributed by atoms with Crippen LogP contribution in [-0.2, 0) is 9.84 Å². The minimum Gasteiger partial charge on any atom is -0.308 e. The SMILES string of the molecule is CCC1(C)CN(CCCS(C)(=O)=O)C(CC)(CC)CN1. The molecule has 0 amide bonds. The van der Waals surface area contributed by atoms with Crippen LogP contribution in [-0.4, -0.2) is 56.0 Å². The first kappa shape index (κ1) is 17.9. The standard InChI is InChI=1S/C15H32N2O2S/c1-6-14(4)13-17(10-9-11-20(5,18)19)15(7-2,8-3)12-16-14/h16H,6-13H2,1-5H3. The quantitative estimate of drug-likeness (QED) is 0.782. The molecule has 120 valence electrons. The van der Waals surface area contributed by atoms with Crippen LogP contribution in [0.1, 0.15) is 53.4 Å². The number of hydrogen-bond acceptors (Lipinski definition) is 4. The van der Waals surface area contributed by atoms with Crippen molar-refractivity contribution in [1.82, 2.24) is 10.2 Å². The summed E-state index contributed by atoms with van der Waals surface area (Å²) in [7, 11) is -2.85. The van der Waals surface area contributed by atoms with Gasteiger partial charge in [-0.2, -0.15) is 0 Å². The first-order valence-corrected chi connectivity index (χ1v) is 9.94. The van der Waals surface area contributed by atoms with Crippen molar-refractivity contribution in [2.45, 2.75) is 64.5 Å². The van der Waals surface area contributed by atoms with Crippen LogP contribution < -0.4 is 5.32 Å². The lowest BCUT2D eigenvalue weighted by Gasteiger charge is -2.53. The highest BCUT2D eigenvalue weighted by molar-refractivity contribution is 7.90. The Kier molecular flexibility index (Phi) is 6.05. The van der Waals surface area contributed by atoms with Crippen LogP contribution in [0.25, 0.3) is 0 Å². The van der Waals surface area contributed by atoms with Gasteiger partial charge in [-0.1, -0.05) is 20.8 Å². The zero-order valence-corrected chi connectivity index (χ0v) is 14.6. The van der Waals surface area contributed by atoms with Crippen molar-refractivity contribution in [2.75, 3.05) is 31.6 Å². The van der Waals surface area contributed by atoms with Gasteiger partial charge in [-0.3, -0.25) is 4.90 Å². The fraction of sp³-hybridized carbons (Fsp3) is 1.00. The van der Waals surface area contributed by atoms with E-state index in [0.29, 0.717) is 5.75 Å². The topological polar surface area (TPSA) is 49.4 Å². The van der Waals surface area contributed by atoms with Gasteiger partial charge in [-0.05, 0) is 39.2 Å². The lowest BCUT2D eigenvalue weighted by Crippen LogP contribution is -2.68. The first-order chi connectivity index (χ1) is 9.20. The normalized spacial score (nSPS) is 27.6. The Balaban J connectivity index is 2.77. The third kappa shape index (κ3) is 4.43. The van der Waals surface area contributed by atoms with Gasteiger partial charge in [0, 0.05) is 30.4 Å². The molecule has 20 heavy (non-hydrogen) atoms. The van der Waals surface area contributed by atoms with Crippen LogP contribution in [0, 0.1) is 0 Å².